The molecule has 0 atom stereocenters. The second-order valence-corrected chi connectivity index (χ2v) is 8.68. The highest BCUT2D eigenvalue weighted by Crippen LogP contribution is 2.52. The maximum atomic E-state index is 12.2. The van der Waals surface area contributed by atoms with Crippen molar-refractivity contribution in [2.45, 2.75) is 45.6 Å². The first kappa shape index (κ1) is 17.1. The summed E-state index contributed by atoms with van der Waals surface area (Å²) in [7, 11) is 4.07. The number of aryl methyl sites for hydroxylation is 1. The topological polar surface area (TPSA) is 50.6 Å². The van der Waals surface area contributed by atoms with Crippen molar-refractivity contribution in [2.24, 2.45) is 18.4 Å². The van der Waals surface area contributed by atoms with Crippen molar-refractivity contribution in [1.82, 2.24) is 14.7 Å². The normalized spacial score (nSPS) is 26.5. The van der Waals surface area contributed by atoms with Crippen molar-refractivity contribution in [3.8, 4) is 0 Å². The molecule has 0 bridgehead atoms. The van der Waals surface area contributed by atoms with E-state index in [1.165, 1.54) is 18.5 Å². The van der Waals surface area contributed by atoms with E-state index in [1.54, 1.807) is 0 Å². The summed E-state index contributed by atoms with van der Waals surface area (Å²) < 4.78 is 7.34. The first-order valence-corrected chi connectivity index (χ1v) is 8.84. The first-order chi connectivity index (χ1) is 11.2. The first-order valence-electron chi connectivity index (χ1n) is 8.84. The molecule has 2 fully saturated rings. The molecule has 2 aliphatic rings. The fraction of sp³-hybridized carbons (Fsp3) is 0.778. The van der Waals surface area contributed by atoms with Gasteiger partial charge in [-0.1, -0.05) is 0 Å². The molecule has 0 radical (unpaired) electrons. The van der Waals surface area contributed by atoms with Gasteiger partial charge in [-0.2, -0.15) is 5.10 Å². The van der Waals surface area contributed by atoms with E-state index in [0.717, 1.165) is 26.1 Å². The Morgan fingerprint density at radius 2 is 2.17 bits per heavy atom. The van der Waals surface area contributed by atoms with Gasteiger partial charge in [-0.3, -0.25) is 4.68 Å². The van der Waals surface area contributed by atoms with E-state index in [9.17, 15) is 4.79 Å². The minimum atomic E-state index is -0.415. The second-order valence-electron chi connectivity index (χ2n) is 8.68. The summed E-state index contributed by atoms with van der Waals surface area (Å²) in [4.78, 5) is 16.4. The van der Waals surface area contributed by atoms with Crippen LogP contribution >= 0.6 is 0 Å². The third-order valence-electron chi connectivity index (χ3n) is 5.20. The van der Waals surface area contributed by atoms with Gasteiger partial charge < -0.3 is 14.5 Å². The minimum absolute atomic E-state index is 0.157. The number of carbonyl (C=O) groups excluding carboxylic acids is 1. The van der Waals surface area contributed by atoms with Crippen LogP contribution in [0.25, 0.3) is 0 Å². The van der Waals surface area contributed by atoms with Gasteiger partial charge in [-0.05, 0) is 51.4 Å². The summed E-state index contributed by atoms with van der Waals surface area (Å²) in [5, 5.41) is 4.24. The van der Waals surface area contributed by atoms with E-state index in [-0.39, 0.29) is 6.09 Å². The summed E-state index contributed by atoms with van der Waals surface area (Å²) >= 11 is 0. The van der Waals surface area contributed by atoms with Gasteiger partial charge in [0.05, 0.1) is 11.9 Å². The van der Waals surface area contributed by atoms with Gasteiger partial charge in [0, 0.05) is 39.9 Å². The molecule has 1 saturated carbocycles. The quantitative estimate of drug-likeness (QED) is 0.853. The van der Waals surface area contributed by atoms with Crippen LogP contribution in [0.3, 0.4) is 0 Å². The highest BCUT2D eigenvalue weighted by molar-refractivity contribution is 5.68. The highest BCUT2D eigenvalue weighted by atomic mass is 16.6. The van der Waals surface area contributed by atoms with E-state index in [2.05, 4.69) is 17.0 Å². The zero-order valence-corrected chi connectivity index (χ0v) is 15.6. The van der Waals surface area contributed by atoms with Crippen LogP contribution in [0.2, 0.25) is 0 Å². The van der Waals surface area contributed by atoms with Gasteiger partial charge >= 0.3 is 6.09 Å². The number of hydrogen-bond acceptors (Lipinski definition) is 4. The maximum absolute atomic E-state index is 12.2. The Kier molecular flexibility index (Phi) is 4.26. The van der Waals surface area contributed by atoms with Gasteiger partial charge in [0.15, 0.2) is 0 Å². The lowest BCUT2D eigenvalue weighted by Gasteiger charge is -2.46. The van der Waals surface area contributed by atoms with Crippen molar-refractivity contribution < 1.29 is 9.53 Å². The average molecular weight is 334 g/mol. The van der Waals surface area contributed by atoms with Crippen LogP contribution in [-0.2, 0) is 11.8 Å². The highest BCUT2D eigenvalue weighted by Gasteiger charge is 2.50. The number of amides is 1. The number of carbonyl (C=O) groups is 1. The largest absolute Gasteiger partial charge is 0.444 e. The molecule has 134 valence electrons. The molecule has 0 N–H and O–H groups in total. The molecule has 1 aliphatic heterocycles. The zero-order valence-electron chi connectivity index (χ0n) is 15.6. The number of hydrogen-bond donors (Lipinski definition) is 0. The molecule has 1 spiro atoms. The number of rotatable bonds is 3. The van der Waals surface area contributed by atoms with E-state index in [1.807, 2.05) is 49.8 Å². The molecule has 3 rings (SSSR count). The molecule has 6 nitrogen and oxygen atoms in total. The Morgan fingerprint density at radius 1 is 1.46 bits per heavy atom. The third-order valence-corrected chi connectivity index (χ3v) is 5.20. The minimum Gasteiger partial charge on any atom is -0.444 e. The van der Waals surface area contributed by atoms with E-state index in [0.29, 0.717) is 11.3 Å². The lowest BCUT2D eigenvalue weighted by molar-refractivity contribution is 0.0190. The van der Waals surface area contributed by atoms with Crippen LogP contribution in [0.4, 0.5) is 10.5 Å². The fourth-order valence-electron chi connectivity index (χ4n) is 4.14. The molecular formula is C18H30N4O2. The van der Waals surface area contributed by atoms with Crippen LogP contribution in [0, 0.1) is 11.3 Å². The smallest absolute Gasteiger partial charge is 0.410 e. The Hall–Kier alpha value is -1.72. The van der Waals surface area contributed by atoms with Crippen molar-refractivity contribution in [3.05, 3.63) is 12.4 Å². The van der Waals surface area contributed by atoms with Crippen LogP contribution in [0.15, 0.2) is 12.4 Å². The fourth-order valence-corrected chi connectivity index (χ4v) is 4.14. The second kappa shape index (κ2) is 5.97. The monoisotopic (exact) mass is 334 g/mol. The van der Waals surface area contributed by atoms with Crippen LogP contribution in [-0.4, -0.2) is 53.1 Å². The molecule has 1 aromatic heterocycles. The maximum Gasteiger partial charge on any atom is 0.410 e. The molecule has 1 aromatic rings. The van der Waals surface area contributed by atoms with Gasteiger partial charge in [-0.25, -0.2) is 4.79 Å². The standard InChI is InChI=1S/C18H30N4O2/c1-17(2,3)24-16(23)22-7-6-18(13-22)8-14(9-18)11-20(4)15-10-19-21(5)12-15/h10,12,14H,6-9,11,13H2,1-5H3. The number of ether oxygens (including phenoxy) is 1. The molecule has 1 amide bonds. The predicted octanol–water partition coefficient (Wildman–Crippen LogP) is 2.89. The van der Waals surface area contributed by atoms with Crippen LogP contribution in [0.5, 0.6) is 0 Å². The Balaban J connectivity index is 1.47. The number of likely N-dealkylation sites (tertiary alicyclic amines) is 1. The van der Waals surface area contributed by atoms with Crippen LogP contribution in [0.1, 0.15) is 40.0 Å². The van der Waals surface area contributed by atoms with Crippen molar-refractivity contribution in [1.29, 1.82) is 0 Å². The Bertz CT molecular complexity index is 598. The van der Waals surface area contributed by atoms with Gasteiger partial charge in [0.1, 0.15) is 5.60 Å². The summed E-state index contributed by atoms with van der Waals surface area (Å²) in [6.45, 7) is 8.51. The van der Waals surface area contributed by atoms with Gasteiger partial charge in [0.25, 0.3) is 0 Å². The van der Waals surface area contributed by atoms with Crippen molar-refractivity contribution in [2.75, 3.05) is 31.6 Å². The molecule has 1 saturated heterocycles. The van der Waals surface area contributed by atoms with E-state index < -0.39 is 5.60 Å². The predicted molar refractivity (Wildman–Crippen MR) is 94.1 cm³/mol. The van der Waals surface area contributed by atoms with Crippen molar-refractivity contribution in [3.63, 3.8) is 0 Å². The SMILES string of the molecule is CN(CC1CC2(CCN(C(=O)OC(C)(C)C)C2)C1)c1cnn(C)c1. The lowest BCUT2D eigenvalue weighted by atomic mass is 9.61. The molecule has 1 aliphatic carbocycles. The van der Waals surface area contributed by atoms with Crippen molar-refractivity contribution >= 4 is 11.8 Å². The number of aromatic nitrogens is 2. The van der Waals surface area contributed by atoms with E-state index >= 15 is 0 Å². The zero-order chi connectivity index (χ0) is 17.5. The Morgan fingerprint density at radius 3 is 2.75 bits per heavy atom. The van der Waals surface area contributed by atoms with Gasteiger partial charge in [0.2, 0.25) is 0 Å². The summed E-state index contributed by atoms with van der Waals surface area (Å²) in [5.74, 6) is 0.703. The molecule has 0 unspecified atom stereocenters. The molecule has 2 heterocycles. The average Bonchev–Trinajstić information content (AvgIpc) is 3.03. The molecule has 0 aromatic carbocycles. The molecular weight excluding hydrogens is 304 g/mol. The summed E-state index contributed by atoms with van der Waals surface area (Å²) in [6, 6.07) is 0. The number of nitrogens with zero attached hydrogens (tertiary/aromatic N) is 4. The number of anilines is 1. The Labute approximate surface area is 144 Å². The lowest BCUT2D eigenvalue weighted by Crippen LogP contribution is -2.45. The van der Waals surface area contributed by atoms with Crippen LogP contribution < -0.4 is 4.90 Å². The summed E-state index contributed by atoms with van der Waals surface area (Å²) in [6.07, 6.45) is 7.32. The van der Waals surface area contributed by atoms with E-state index in [4.69, 9.17) is 4.74 Å². The molecule has 6 heteroatoms. The molecule has 24 heavy (non-hydrogen) atoms. The van der Waals surface area contributed by atoms with Gasteiger partial charge in [-0.15, -0.1) is 0 Å². The summed E-state index contributed by atoms with van der Waals surface area (Å²) in [5.41, 5.74) is 1.08. The third kappa shape index (κ3) is 3.68.